The lowest BCUT2D eigenvalue weighted by Gasteiger charge is -2.37. The van der Waals surface area contributed by atoms with E-state index in [1.807, 2.05) is 117 Å². The number of benzene rings is 4. The second-order valence-electron chi connectivity index (χ2n) is 24.5. The minimum atomic E-state index is -1.04. The summed E-state index contributed by atoms with van der Waals surface area (Å²) in [6, 6.07) is 30.3. The molecule has 0 aliphatic carbocycles. The maximum atomic E-state index is 13.7. The van der Waals surface area contributed by atoms with E-state index in [-0.39, 0.29) is 34.4 Å². The molecule has 8 aromatic heterocycles. The molecule has 0 saturated heterocycles. The minimum Gasteiger partial charge on any atom is -0.427 e. The number of rotatable bonds is 19. The third-order valence-electron chi connectivity index (χ3n) is 15.9. The maximum Gasteiger partial charge on any atom is 0.330 e. The van der Waals surface area contributed by atoms with Crippen molar-refractivity contribution in [1.29, 1.82) is 10.5 Å². The number of fused-ring (bicyclic) bond motifs is 3. The van der Waals surface area contributed by atoms with Crippen LogP contribution in [-0.4, -0.2) is 129 Å². The topological polar surface area (TPSA) is 368 Å². The van der Waals surface area contributed by atoms with Crippen molar-refractivity contribution in [2.75, 3.05) is 54.4 Å². The van der Waals surface area contributed by atoms with Crippen LogP contribution in [0.1, 0.15) is 108 Å². The lowest BCUT2D eigenvalue weighted by Crippen LogP contribution is -2.49. The number of aliphatic hydroxyl groups is 1. The molecule has 0 fully saturated rings. The van der Waals surface area contributed by atoms with Crippen molar-refractivity contribution in [2.24, 2.45) is 0 Å². The van der Waals surface area contributed by atoms with Crippen molar-refractivity contribution >= 4 is 119 Å². The van der Waals surface area contributed by atoms with Gasteiger partial charge in [-0.05, 0) is 144 Å². The number of nitrogen functional groups attached to an aromatic ring is 1. The Balaban J connectivity index is 0.000000181. The Hall–Kier alpha value is -11.5. The number of hydrogen-bond donors (Lipinski definition) is 9. The molecule has 12 aromatic rings. The monoisotopic (exact) mass is 1530 g/mol. The van der Waals surface area contributed by atoms with Gasteiger partial charge >= 0.3 is 7.48 Å². The van der Waals surface area contributed by atoms with Gasteiger partial charge in [-0.15, -0.1) is 0 Å². The van der Waals surface area contributed by atoms with Crippen LogP contribution in [0.25, 0.3) is 44.2 Å². The van der Waals surface area contributed by atoms with E-state index in [9.17, 15) is 42.8 Å². The zero-order chi connectivity index (χ0) is 74.4. The first kappa shape index (κ1) is 75.7. The van der Waals surface area contributed by atoms with E-state index in [1.54, 1.807) is 67.6 Å². The van der Waals surface area contributed by atoms with E-state index in [0.717, 1.165) is 94.4 Å². The molecule has 1 radical (unpaired) electrons. The molecule has 8 heterocycles. The van der Waals surface area contributed by atoms with E-state index < -0.39 is 58.4 Å². The first-order valence-corrected chi connectivity index (χ1v) is 33.0. The molecule has 0 saturated carbocycles. The van der Waals surface area contributed by atoms with Crippen molar-refractivity contribution in [3.63, 3.8) is 0 Å². The first-order chi connectivity index (χ1) is 49.0. The van der Waals surface area contributed by atoms with Crippen LogP contribution in [0.4, 0.5) is 46.7 Å². The van der Waals surface area contributed by atoms with Crippen LogP contribution in [0.15, 0.2) is 143 Å². The number of aromatic amines is 3. The van der Waals surface area contributed by atoms with Crippen molar-refractivity contribution < 1.29 is 36.9 Å². The lowest BCUT2D eigenvalue weighted by atomic mass is 9.82. The number of carbonyl (C=O) groups excluding carboxylic acids is 2. The van der Waals surface area contributed by atoms with E-state index >= 15 is 0 Å². The summed E-state index contributed by atoms with van der Waals surface area (Å²) in [5, 5.41) is 63.8. The number of aromatic nitrogens is 13. The fraction of sp³-hybridized carbons (Fsp3) is 0.229. The van der Waals surface area contributed by atoms with Gasteiger partial charge in [0, 0.05) is 74.4 Å². The molecule has 0 unspecified atom stereocenters. The second kappa shape index (κ2) is 33.3. The number of hydrogen-bond acceptors (Lipinski definition) is 21. The summed E-state index contributed by atoms with van der Waals surface area (Å²) in [4.78, 5) is 59.2. The van der Waals surface area contributed by atoms with Crippen molar-refractivity contribution in [1.82, 2.24) is 76.1 Å². The van der Waals surface area contributed by atoms with Gasteiger partial charge in [0.25, 0.3) is 11.8 Å². The molecular formula is C70H68BBr2F4N22O4. The Bertz CT molecular complexity index is 5100. The zero-order valence-corrected chi connectivity index (χ0v) is 60.3. The normalized spacial score (nSPS) is 11.7. The van der Waals surface area contributed by atoms with Gasteiger partial charge in [0.05, 0.1) is 51.8 Å². The molecule has 0 bridgehead atoms. The zero-order valence-electron chi connectivity index (χ0n) is 57.1. The Morgan fingerprint density at radius 2 is 1.05 bits per heavy atom. The summed E-state index contributed by atoms with van der Waals surface area (Å²) in [6.45, 7) is 10.8. The average Bonchev–Trinajstić information content (AvgIpc) is 1.71. The van der Waals surface area contributed by atoms with Gasteiger partial charge in [0.1, 0.15) is 18.0 Å². The molecule has 527 valence electrons. The fourth-order valence-electron chi connectivity index (χ4n) is 9.47. The SMILES string of the molecule is CN(C)c1n[nH]c2ncc(Br)cc12.C[C@H](NC(=O)c1nc(C#N)cnc1NCc1ccc(-c2cnc3[nH]nc(N(C)C)c3c2)cc1)c1ccc(F)c(F)c1.C[C@H](NC(=O)c1nc(C#N)cnc1NCc1ccc([B]OC(C)(C)C(C)(C)O)cc1)c1ccc(F)c(F)c1.Nc1[nH]nc2ncc(Br)cc12. The smallest absolute Gasteiger partial charge is 0.330 e. The predicted octanol–water partition coefficient (Wildman–Crippen LogP) is 11.4. The van der Waals surface area contributed by atoms with Gasteiger partial charge in [-0.2, -0.15) is 25.8 Å². The standard InChI is InChI=1S/C29H25F2N9O.C27H29BF2N5O3.C8H9BrN4.C6H5BrN4/c1-16(19-8-9-23(30)24(31)11-19)36-29(41)25-27(35-15-21(12-32)37-25)33-13-17-4-6-18(7-5-17)20-10-22-26(34-14-20)38-39-28(22)40(2)3;1-16(18-8-11-21(29)22(30)12-18)34-25(36)23-24(33-15-20(13-31)35-23)32-14-17-6-9-19(10-7-17)28-38-27(4,5)26(2,3)37;1-13(2)8-6-3-5(9)4-10-7(6)11-12-8;7-3-1-4-5(8)10-11-6(4)9-2-3/h4-11,14-16H,13H2,1-3H3,(H,33,35)(H,36,41)(H,34,38,39);6-12,15-16,37H,14H2,1-5H3,(H,32,33)(H,34,36);3-4H,1-2H3,(H,10,11,12);1-2H,(H3,8,9,10,11)/t2*16-;;/m00../s1. The van der Waals surface area contributed by atoms with Crippen LogP contribution in [-0.2, 0) is 17.7 Å². The molecule has 0 aliphatic rings. The number of H-pyrrole nitrogens is 3. The van der Waals surface area contributed by atoms with Gasteiger partial charge < -0.3 is 46.6 Å². The Labute approximate surface area is 605 Å². The lowest BCUT2D eigenvalue weighted by molar-refractivity contribution is -0.0893. The molecule has 10 N–H and O–H groups in total. The number of pyridine rings is 3. The molecule has 2 atom stereocenters. The number of nitrogens with two attached hydrogens (primary N) is 1. The van der Waals surface area contributed by atoms with E-state index in [4.69, 9.17) is 10.4 Å². The van der Waals surface area contributed by atoms with Crippen LogP contribution < -0.4 is 42.3 Å². The molecule has 4 aromatic carbocycles. The Morgan fingerprint density at radius 3 is 1.51 bits per heavy atom. The summed E-state index contributed by atoms with van der Waals surface area (Å²) in [5.41, 5.74) is 10.9. The number of nitrogens with one attached hydrogen (secondary N) is 7. The largest absolute Gasteiger partial charge is 0.427 e. The van der Waals surface area contributed by atoms with Gasteiger partial charge in [-0.3, -0.25) is 24.9 Å². The molecule has 0 spiro atoms. The highest BCUT2D eigenvalue weighted by molar-refractivity contribution is 9.10. The number of nitrogens with zero attached hydrogens (tertiary/aromatic N) is 14. The van der Waals surface area contributed by atoms with Crippen molar-refractivity contribution in [3.8, 4) is 23.3 Å². The van der Waals surface area contributed by atoms with E-state index in [1.165, 1.54) is 24.5 Å². The van der Waals surface area contributed by atoms with Crippen LogP contribution in [0, 0.1) is 45.9 Å². The number of carbonyl (C=O) groups is 2. The molecule has 103 heavy (non-hydrogen) atoms. The van der Waals surface area contributed by atoms with Crippen molar-refractivity contribution in [2.45, 2.75) is 77.9 Å². The highest BCUT2D eigenvalue weighted by Gasteiger charge is 2.36. The highest BCUT2D eigenvalue weighted by Crippen LogP contribution is 2.30. The summed E-state index contributed by atoms with van der Waals surface area (Å²) >= 11 is 6.67. The molecule has 33 heteroatoms. The number of anilines is 5. The van der Waals surface area contributed by atoms with E-state index in [2.05, 4.69) is 119 Å². The number of halogens is 6. The summed E-state index contributed by atoms with van der Waals surface area (Å²) < 4.78 is 61.5. The van der Waals surface area contributed by atoms with Gasteiger partial charge in [0.2, 0.25) is 0 Å². The molecule has 26 nitrogen and oxygen atoms in total. The third kappa shape index (κ3) is 19.3. The predicted molar refractivity (Wildman–Crippen MR) is 391 cm³/mol. The quantitative estimate of drug-likeness (QED) is 0.0268. The molecule has 0 aliphatic heterocycles. The third-order valence-corrected chi connectivity index (χ3v) is 16.8. The van der Waals surface area contributed by atoms with Gasteiger partial charge in [0.15, 0.2) is 86.3 Å². The van der Waals surface area contributed by atoms with E-state index in [0.29, 0.717) is 41.3 Å². The minimum absolute atomic E-state index is 0.0360. The number of nitriles is 2. The Kier molecular flexibility index (Phi) is 24.5. The maximum absolute atomic E-state index is 13.7. The van der Waals surface area contributed by atoms with Crippen LogP contribution in [0.2, 0.25) is 0 Å². The highest BCUT2D eigenvalue weighted by atomic mass is 79.9. The number of amides is 2. The van der Waals surface area contributed by atoms with Crippen molar-refractivity contribution in [3.05, 3.63) is 211 Å². The van der Waals surface area contributed by atoms with Crippen LogP contribution in [0.3, 0.4) is 0 Å². The summed E-state index contributed by atoms with van der Waals surface area (Å²) in [5.74, 6) is -2.66. The molecule has 2 amide bonds. The van der Waals surface area contributed by atoms with Crippen LogP contribution in [0.5, 0.6) is 0 Å². The van der Waals surface area contributed by atoms with Crippen LogP contribution >= 0.6 is 31.9 Å². The average molecular weight is 1530 g/mol. The van der Waals surface area contributed by atoms with Gasteiger partial charge in [-0.25, -0.2) is 52.4 Å². The molecule has 12 rings (SSSR count). The summed E-state index contributed by atoms with van der Waals surface area (Å²) in [7, 11) is 9.33. The first-order valence-electron chi connectivity index (χ1n) is 31.4. The Morgan fingerprint density at radius 1 is 0.592 bits per heavy atom. The fourth-order valence-corrected chi connectivity index (χ4v) is 10.1. The molecular weight excluding hydrogens is 1460 g/mol. The van der Waals surface area contributed by atoms with Gasteiger partial charge in [-0.1, -0.05) is 66.1 Å². The summed E-state index contributed by atoms with van der Waals surface area (Å²) in [6.07, 6.45) is 7.73. The second-order valence-corrected chi connectivity index (χ2v) is 26.4.